The summed E-state index contributed by atoms with van der Waals surface area (Å²) < 4.78 is 0. The van der Waals surface area contributed by atoms with Gasteiger partial charge in [0.2, 0.25) is 0 Å². The van der Waals surface area contributed by atoms with E-state index in [0.717, 1.165) is 24.2 Å². The van der Waals surface area contributed by atoms with Gasteiger partial charge in [-0.05, 0) is 45.9 Å². The zero-order chi connectivity index (χ0) is 11.1. The standard InChI is InChI=1S/C11H18N4/c1-10(2,12)8-4-5-9(15-14-8)11(13-3)6-7-11/h4-5,13H,6-7,12H2,1-3H3. The van der Waals surface area contributed by atoms with Gasteiger partial charge in [0.05, 0.1) is 22.5 Å². The Morgan fingerprint density at radius 2 is 2.00 bits per heavy atom. The van der Waals surface area contributed by atoms with Crippen molar-refractivity contribution in [1.29, 1.82) is 0 Å². The molecule has 0 radical (unpaired) electrons. The lowest BCUT2D eigenvalue weighted by Gasteiger charge is -2.18. The number of rotatable bonds is 3. The van der Waals surface area contributed by atoms with Crippen LogP contribution in [0.3, 0.4) is 0 Å². The lowest BCUT2D eigenvalue weighted by atomic mass is 10.0. The maximum absolute atomic E-state index is 5.95. The molecule has 4 nitrogen and oxygen atoms in total. The monoisotopic (exact) mass is 206 g/mol. The van der Waals surface area contributed by atoms with E-state index >= 15 is 0 Å². The predicted octanol–water partition coefficient (Wildman–Crippen LogP) is 0.879. The van der Waals surface area contributed by atoms with E-state index in [-0.39, 0.29) is 5.54 Å². The summed E-state index contributed by atoms with van der Waals surface area (Å²) in [6, 6.07) is 4.00. The number of nitrogens with one attached hydrogen (secondary N) is 1. The highest BCUT2D eigenvalue weighted by Gasteiger charge is 2.44. The van der Waals surface area contributed by atoms with Crippen molar-refractivity contribution in [1.82, 2.24) is 15.5 Å². The molecule has 1 aromatic rings. The fourth-order valence-electron chi connectivity index (χ4n) is 1.69. The Bertz CT molecular complexity index is 346. The SMILES string of the molecule is CNC1(c2ccc(C(C)(C)N)nn2)CC1. The summed E-state index contributed by atoms with van der Waals surface area (Å²) in [7, 11) is 1.97. The van der Waals surface area contributed by atoms with Crippen LogP contribution in [0.1, 0.15) is 38.1 Å². The average molecular weight is 206 g/mol. The number of hydrogen-bond acceptors (Lipinski definition) is 4. The highest BCUT2D eigenvalue weighted by molar-refractivity contribution is 5.24. The largest absolute Gasteiger partial charge is 0.321 e. The first-order valence-electron chi connectivity index (χ1n) is 5.30. The van der Waals surface area contributed by atoms with Crippen LogP contribution in [0.2, 0.25) is 0 Å². The van der Waals surface area contributed by atoms with Gasteiger partial charge in [0.25, 0.3) is 0 Å². The molecule has 2 rings (SSSR count). The van der Waals surface area contributed by atoms with Gasteiger partial charge in [0.15, 0.2) is 0 Å². The van der Waals surface area contributed by atoms with Crippen LogP contribution in [0.15, 0.2) is 12.1 Å². The molecule has 0 unspecified atom stereocenters. The highest BCUT2D eigenvalue weighted by atomic mass is 15.2. The lowest BCUT2D eigenvalue weighted by Crippen LogP contribution is -2.31. The Morgan fingerprint density at radius 3 is 2.33 bits per heavy atom. The topological polar surface area (TPSA) is 63.8 Å². The molecule has 82 valence electrons. The molecular formula is C11H18N4. The van der Waals surface area contributed by atoms with Crippen molar-refractivity contribution >= 4 is 0 Å². The van der Waals surface area contributed by atoms with Crippen LogP contribution in [0.5, 0.6) is 0 Å². The second-order valence-electron chi connectivity index (χ2n) is 4.86. The first kappa shape index (κ1) is 10.5. The zero-order valence-electron chi connectivity index (χ0n) is 9.54. The Labute approximate surface area is 90.3 Å². The summed E-state index contributed by atoms with van der Waals surface area (Å²) >= 11 is 0. The molecule has 0 bridgehead atoms. The summed E-state index contributed by atoms with van der Waals surface area (Å²) in [5.41, 5.74) is 7.48. The van der Waals surface area contributed by atoms with E-state index in [2.05, 4.69) is 15.5 Å². The summed E-state index contributed by atoms with van der Waals surface area (Å²) in [4.78, 5) is 0. The second-order valence-corrected chi connectivity index (χ2v) is 4.86. The van der Waals surface area contributed by atoms with Gasteiger partial charge < -0.3 is 11.1 Å². The van der Waals surface area contributed by atoms with Crippen molar-refractivity contribution in [2.24, 2.45) is 5.73 Å². The van der Waals surface area contributed by atoms with E-state index in [9.17, 15) is 0 Å². The zero-order valence-corrected chi connectivity index (χ0v) is 9.54. The summed E-state index contributed by atoms with van der Waals surface area (Å²) in [6.07, 6.45) is 2.28. The fourth-order valence-corrected chi connectivity index (χ4v) is 1.69. The van der Waals surface area contributed by atoms with Gasteiger partial charge in [-0.15, -0.1) is 0 Å². The minimum Gasteiger partial charge on any atom is -0.321 e. The van der Waals surface area contributed by atoms with Crippen LogP contribution >= 0.6 is 0 Å². The quantitative estimate of drug-likeness (QED) is 0.770. The van der Waals surface area contributed by atoms with Gasteiger partial charge in [-0.1, -0.05) is 0 Å². The molecule has 0 atom stereocenters. The second kappa shape index (κ2) is 3.25. The molecule has 1 aromatic heterocycles. The van der Waals surface area contributed by atoms with Crippen LogP contribution in [0.25, 0.3) is 0 Å². The molecule has 0 aliphatic heterocycles. The molecular weight excluding hydrogens is 188 g/mol. The third-order valence-corrected chi connectivity index (χ3v) is 3.04. The van der Waals surface area contributed by atoms with Crippen molar-refractivity contribution in [3.8, 4) is 0 Å². The van der Waals surface area contributed by atoms with Gasteiger partial charge in [0.1, 0.15) is 0 Å². The lowest BCUT2D eigenvalue weighted by molar-refractivity contribution is 0.510. The van der Waals surface area contributed by atoms with Crippen molar-refractivity contribution in [2.75, 3.05) is 7.05 Å². The van der Waals surface area contributed by atoms with Crippen LogP contribution < -0.4 is 11.1 Å². The summed E-state index contributed by atoms with van der Waals surface area (Å²) in [5, 5.41) is 11.7. The van der Waals surface area contributed by atoms with Crippen molar-refractivity contribution in [2.45, 2.75) is 37.8 Å². The third-order valence-electron chi connectivity index (χ3n) is 3.04. The summed E-state index contributed by atoms with van der Waals surface area (Å²) in [5.74, 6) is 0. The van der Waals surface area contributed by atoms with Gasteiger partial charge in [-0.2, -0.15) is 10.2 Å². The molecule has 4 heteroatoms. The number of aromatic nitrogens is 2. The van der Waals surface area contributed by atoms with Crippen molar-refractivity contribution < 1.29 is 0 Å². The number of nitrogens with two attached hydrogens (primary N) is 1. The van der Waals surface area contributed by atoms with E-state index in [1.807, 2.05) is 33.0 Å². The van der Waals surface area contributed by atoms with Crippen LogP contribution in [0.4, 0.5) is 0 Å². The molecule has 1 aliphatic rings. The van der Waals surface area contributed by atoms with Crippen molar-refractivity contribution in [3.63, 3.8) is 0 Å². The number of hydrogen-bond donors (Lipinski definition) is 2. The molecule has 1 fully saturated rings. The molecule has 3 N–H and O–H groups in total. The van der Waals surface area contributed by atoms with E-state index in [0.29, 0.717) is 0 Å². The molecule has 15 heavy (non-hydrogen) atoms. The van der Waals surface area contributed by atoms with Crippen LogP contribution in [-0.4, -0.2) is 17.2 Å². The van der Waals surface area contributed by atoms with Gasteiger partial charge >= 0.3 is 0 Å². The molecule has 0 aromatic carbocycles. The predicted molar refractivity (Wildman–Crippen MR) is 59.2 cm³/mol. The fraction of sp³-hybridized carbons (Fsp3) is 0.636. The first-order chi connectivity index (χ1) is 6.98. The Morgan fingerprint density at radius 1 is 1.33 bits per heavy atom. The Kier molecular flexibility index (Phi) is 2.28. The maximum atomic E-state index is 5.95. The third kappa shape index (κ3) is 1.87. The van der Waals surface area contributed by atoms with E-state index in [1.165, 1.54) is 0 Å². The van der Waals surface area contributed by atoms with Gasteiger partial charge in [-0.3, -0.25) is 0 Å². The minimum absolute atomic E-state index is 0.0876. The van der Waals surface area contributed by atoms with Crippen LogP contribution in [0, 0.1) is 0 Å². The smallest absolute Gasteiger partial charge is 0.0832 e. The van der Waals surface area contributed by atoms with E-state index < -0.39 is 5.54 Å². The Balaban J connectivity index is 2.25. The van der Waals surface area contributed by atoms with E-state index in [4.69, 9.17) is 5.73 Å². The van der Waals surface area contributed by atoms with Gasteiger partial charge in [-0.25, -0.2) is 0 Å². The van der Waals surface area contributed by atoms with E-state index in [1.54, 1.807) is 0 Å². The van der Waals surface area contributed by atoms with Crippen molar-refractivity contribution in [3.05, 3.63) is 23.5 Å². The first-order valence-corrected chi connectivity index (χ1v) is 5.30. The molecule has 1 saturated carbocycles. The number of nitrogens with zero attached hydrogens (tertiary/aromatic N) is 2. The van der Waals surface area contributed by atoms with Crippen LogP contribution in [-0.2, 0) is 11.1 Å². The molecule has 0 saturated heterocycles. The highest BCUT2D eigenvalue weighted by Crippen LogP contribution is 2.43. The molecule has 1 heterocycles. The summed E-state index contributed by atoms with van der Waals surface area (Å²) in [6.45, 7) is 3.86. The maximum Gasteiger partial charge on any atom is 0.0832 e. The Hall–Kier alpha value is -1.00. The molecule has 1 aliphatic carbocycles. The molecule has 0 amide bonds. The average Bonchev–Trinajstić information content (AvgIpc) is 2.97. The van der Waals surface area contributed by atoms with Gasteiger partial charge in [0, 0.05) is 0 Å². The molecule has 0 spiro atoms. The normalized spacial score (nSPS) is 18.9. The minimum atomic E-state index is -0.415.